The first kappa shape index (κ1) is 18.0. The molecule has 0 N–H and O–H groups in total. The highest BCUT2D eigenvalue weighted by atomic mass is 35.5. The Morgan fingerprint density at radius 3 is 2.58 bits per heavy atom. The molecule has 7 nitrogen and oxygen atoms in total. The zero-order chi connectivity index (χ0) is 17.9. The molecule has 0 aliphatic heterocycles. The average molecular weight is 371 g/mol. The normalized spacial score (nSPS) is 10.5. The Hall–Kier alpha value is -2.38. The number of benzene rings is 1. The largest absolute Gasteiger partial charge is 0.459 e. The van der Waals surface area contributed by atoms with Crippen molar-refractivity contribution in [3.05, 3.63) is 56.2 Å². The summed E-state index contributed by atoms with van der Waals surface area (Å²) >= 11 is 11.7. The van der Waals surface area contributed by atoms with E-state index in [4.69, 9.17) is 32.7 Å². The number of nitro groups is 1. The lowest BCUT2D eigenvalue weighted by Crippen LogP contribution is -2.13. The second-order valence-electron chi connectivity index (χ2n) is 4.93. The highest BCUT2D eigenvalue weighted by molar-refractivity contribution is 6.35. The van der Waals surface area contributed by atoms with Crippen molar-refractivity contribution >= 4 is 34.9 Å². The number of esters is 1. The predicted molar refractivity (Wildman–Crippen MR) is 88.0 cm³/mol. The Kier molecular flexibility index (Phi) is 5.58. The summed E-state index contributed by atoms with van der Waals surface area (Å²) in [7, 11) is 0. The first-order valence-corrected chi connectivity index (χ1v) is 7.52. The molecule has 0 aliphatic carbocycles. The summed E-state index contributed by atoms with van der Waals surface area (Å²) in [6, 6.07) is 5.12. The van der Waals surface area contributed by atoms with Gasteiger partial charge in [-0.2, -0.15) is 0 Å². The Labute approximate surface area is 147 Å². The molecule has 1 aromatic heterocycles. The van der Waals surface area contributed by atoms with E-state index in [0.29, 0.717) is 5.02 Å². The summed E-state index contributed by atoms with van der Waals surface area (Å²) in [6.07, 6.45) is 0.913. The summed E-state index contributed by atoms with van der Waals surface area (Å²) in [5, 5.41) is 11.6. The van der Waals surface area contributed by atoms with Crippen molar-refractivity contribution in [3.63, 3.8) is 0 Å². The molecule has 2 aromatic rings. The maximum absolute atomic E-state index is 12.1. The Morgan fingerprint density at radius 2 is 2.00 bits per heavy atom. The number of carbonyl (C=O) groups excluding carboxylic acids is 1. The Morgan fingerprint density at radius 1 is 1.29 bits per heavy atom. The van der Waals surface area contributed by atoms with Gasteiger partial charge < -0.3 is 9.47 Å². The fraction of sp³-hybridized carbons (Fsp3) is 0.200. The van der Waals surface area contributed by atoms with Crippen LogP contribution in [0.1, 0.15) is 24.2 Å². The number of nitro benzene ring substituents is 1. The molecule has 126 valence electrons. The fourth-order valence-electron chi connectivity index (χ4n) is 1.77. The standard InChI is InChI=1S/C15H12Cl2N2O5/c1-8(2)23-15(20)11-6-10(3-4-13(11)19(21)22)24-14-12(17)5-9(16)7-18-14/h3-8H,1-2H3. The van der Waals surface area contributed by atoms with E-state index in [1.807, 2.05) is 0 Å². The first-order valence-electron chi connectivity index (χ1n) is 6.76. The highest BCUT2D eigenvalue weighted by Gasteiger charge is 2.23. The molecule has 24 heavy (non-hydrogen) atoms. The molecule has 2 rings (SSSR count). The van der Waals surface area contributed by atoms with Crippen LogP contribution in [-0.4, -0.2) is 22.0 Å². The summed E-state index contributed by atoms with van der Waals surface area (Å²) in [6.45, 7) is 3.28. The number of ether oxygens (including phenoxy) is 2. The lowest BCUT2D eigenvalue weighted by Gasteiger charge is -2.10. The van der Waals surface area contributed by atoms with Crippen LogP contribution in [0.2, 0.25) is 10.0 Å². The van der Waals surface area contributed by atoms with Crippen molar-refractivity contribution in [2.45, 2.75) is 20.0 Å². The number of hydrogen-bond donors (Lipinski definition) is 0. The van der Waals surface area contributed by atoms with Crippen molar-refractivity contribution in [2.75, 3.05) is 0 Å². The van der Waals surface area contributed by atoms with Gasteiger partial charge in [0.1, 0.15) is 16.3 Å². The van der Waals surface area contributed by atoms with Crippen LogP contribution < -0.4 is 4.74 Å². The van der Waals surface area contributed by atoms with Gasteiger partial charge in [-0.15, -0.1) is 0 Å². The number of pyridine rings is 1. The topological polar surface area (TPSA) is 91.6 Å². The van der Waals surface area contributed by atoms with Crippen molar-refractivity contribution in [1.82, 2.24) is 4.98 Å². The number of aromatic nitrogens is 1. The van der Waals surface area contributed by atoms with Crippen molar-refractivity contribution in [1.29, 1.82) is 0 Å². The van der Waals surface area contributed by atoms with Crippen LogP contribution in [0.5, 0.6) is 11.6 Å². The van der Waals surface area contributed by atoms with Crippen molar-refractivity contribution < 1.29 is 19.2 Å². The lowest BCUT2D eigenvalue weighted by molar-refractivity contribution is -0.385. The average Bonchev–Trinajstić information content (AvgIpc) is 2.49. The first-order chi connectivity index (χ1) is 11.3. The molecule has 0 radical (unpaired) electrons. The van der Waals surface area contributed by atoms with E-state index < -0.39 is 17.0 Å². The van der Waals surface area contributed by atoms with Gasteiger partial charge in [0.05, 0.1) is 16.0 Å². The molecule has 0 aliphatic rings. The van der Waals surface area contributed by atoms with Crippen molar-refractivity contribution in [3.8, 4) is 11.6 Å². The second-order valence-corrected chi connectivity index (χ2v) is 5.78. The number of halogens is 2. The van der Waals surface area contributed by atoms with Crippen LogP contribution in [-0.2, 0) is 4.74 Å². The zero-order valence-electron chi connectivity index (χ0n) is 12.7. The lowest BCUT2D eigenvalue weighted by atomic mass is 10.1. The summed E-state index contributed by atoms with van der Waals surface area (Å²) < 4.78 is 10.5. The quantitative estimate of drug-likeness (QED) is 0.431. The summed E-state index contributed by atoms with van der Waals surface area (Å²) in [5.41, 5.74) is -0.612. The Bertz CT molecular complexity index is 795. The van der Waals surface area contributed by atoms with Crippen LogP contribution in [0.25, 0.3) is 0 Å². The van der Waals surface area contributed by atoms with E-state index in [-0.39, 0.29) is 27.9 Å². The van der Waals surface area contributed by atoms with E-state index in [0.717, 1.165) is 6.07 Å². The van der Waals surface area contributed by atoms with Gasteiger partial charge in [-0.25, -0.2) is 9.78 Å². The molecule has 1 aromatic carbocycles. The van der Waals surface area contributed by atoms with E-state index in [1.165, 1.54) is 24.4 Å². The minimum absolute atomic E-state index is 0.0538. The maximum atomic E-state index is 12.1. The summed E-state index contributed by atoms with van der Waals surface area (Å²) in [4.78, 5) is 26.4. The third kappa shape index (κ3) is 4.33. The molecule has 0 atom stereocenters. The van der Waals surface area contributed by atoms with Crippen LogP contribution in [0.4, 0.5) is 5.69 Å². The van der Waals surface area contributed by atoms with Crippen LogP contribution in [0.15, 0.2) is 30.5 Å². The van der Waals surface area contributed by atoms with E-state index in [2.05, 4.69) is 4.98 Å². The second kappa shape index (κ2) is 7.46. The SMILES string of the molecule is CC(C)OC(=O)c1cc(Oc2ncc(Cl)cc2Cl)ccc1[N+](=O)[O-]. The van der Waals surface area contributed by atoms with Gasteiger partial charge in [-0.1, -0.05) is 23.2 Å². The van der Waals surface area contributed by atoms with Crippen LogP contribution >= 0.6 is 23.2 Å². The molecule has 0 fully saturated rings. The molecule has 0 bridgehead atoms. The predicted octanol–water partition coefficient (Wildman–Crippen LogP) is 4.65. The van der Waals surface area contributed by atoms with Gasteiger partial charge in [0.15, 0.2) is 0 Å². The fourth-order valence-corrected chi connectivity index (χ4v) is 2.19. The molecule has 0 amide bonds. The van der Waals surface area contributed by atoms with Crippen LogP contribution in [0.3, 0.4) is 0 Å². The third-order valence-corrected chi connectivity index (χ3v) is 3.19. The molecule has 9 heteroatoms. The van der Waals surface area contributed by atoms with Gasteiger partial charge in [-0.05, 0) is 26.0 Å². The number of carbonyl (C=O) groups is 1. The maximum Gasteiger partial charge on any atom is 0.345 e. The monoisotopic (exact) mass is 370 g/mol. The minimum Gasteiger partial charge on any atom is -0.459 e. The Balaban J connectivity index is 2.38. The molecule has 0 saturated heterocycles. The molecular formula is C15H12Cl2N2O5. The smallest absolute Gasteiger partial charge is 0.345 e. The zero-order valence-corrected chi connectivity index (χ0v) is 14.2. The van der Waals surface area contributed by atoms with Gasteiger partial charge in [0.2, 0.25) is 5.88 Å². The number of hydrogen-bond acceptors (Lipinski definition) is 6. The van der Waals surface area contributed by atoms with E-state index in [9.17, 15) is 14.9 Å². The van der Waals surface area contributed by atoms with E-state index in [1.54, 1.807) is 13.8 Å². The molecule has 0 spiro atoms. The minimum atomic E-state index is -0.822. The van der Waals surface area contributed by atoms with Gasteiger partial charge in [-0.3, -0.25) is 10.1 Å². The van der Waals surface area contributed by atoms with Crippen LogP contribution in [0, 0.1) is 10.1 Å². The third-order valence-electron chi connectivity index (χ3n) is 2.72. The number of rotatable bonds is 5. The van der Waals surface area contributed by atoms with Crippen molar-refractivity contribution in [2.24, 2.45) is 0 Å². The van der Waals surface area contributed by atoms with Gasteiger partial charge in [0, 0.05) is 18.3 Å². The molecule has 0 saturated carbocycles. The highest BCUT2D eigenvalue weighted by Crippen LogP contribution is 2.32. The van der Waals surface area contributed by atoms with Gasteiger partial charge >= 0.3 is 5.97 Å². The molecular weight excluding hydrogens is 359 g/mol. The van der Waals surface area contributed by atoms with E-state index >= 15 is 0 Å². The number of nitrogens with zero attached hydrogens (tertiary/aromatic N) is 2. The molecule has 1 heterocycles. The van der Waals surface area contributed by atoms with Gasteiger partial charge in [0.25, 0.3) is 5.69 Å². The summed E-state index contributed by atoms with van der Waals surface area (Å²) in [5.74, 6) is -0.622. The molecule has 0 unspecified atom stereocenters.